The zero-order chi connectivity index (χ0) is 21.1. The molecular formula is C24H25BrN2O3. The van der Waals surface area contributed by atoms with Gasteiger partial charge >= 0.3 is 0 Å². The molecular weight excluding hydrogens is 444 g/mol. The smallest absolute Gasteiger partial charge is 0.294 e. The molecule has 156 valence electrons. The summed E-state index contributed by atoms with van der Waals surface area (Å²) in [6.07, 6.45) is 6.17. The number of fused-ring (bicyclic) bond motifs is 1. The van der Waals surface area contributed by atoms with E-state index in [1.165, 1.54) is 11.3 Å². The number of carbonyl (C=O) groups excluding carboxylic acids is 2. The fourth-order valence-electron chi connectivity index (χ4n) is 4.08. The first-order chi connectivity index (χ1) is 14.5. The van der Waals surface area contributed by atoms with Crippen molar-refractivity contribution in [2.75, 3.05) is 11.4 Å². The van der Waals surface area contributed by atoms with Crippen LogP contribution in [0.15, 0.2) is 58.8 Å². The van der Waals surface area contributed by atoms with Crippen LogP contribution in [0.4, 0.5) is 5.69 Å². The molecule has 0 spiro atoms. The minimum absolute atomic E-state index is 0.0320. The summed E-state index contributed by atoms with van der Waals surface area (Å²) >= 11 is 3.50. The Hall–Kier alpha value is -2.60. The van der Waals surface area contributed by atoms with Gasteiger partial charge in [0.05, 0.1) is 5.69 Å². The number of hydrogen-bond acceptors (Lipinski definition) is 3. The zero-order valence-electron chi connectivity index (χ0n) is 16.9. The van der Waals surface area contributed by atoms with Gasteiger partial charge in [0.1, 0.15) is 6.54 Å². The van der Waals surface area contributed by atoms with Crippen LogP contribution in [0.1, 0.15) is 38.2 Å². The summed E-state index contributed by atoms with van der Waals surface area (Å²) in [6, 6.07) is 15.1. The first kappa shape index (κ1) is 20.7. The molecule has 5 nitrogen and oxygen atoms in total. The summed E-state index contributed by atoms with van der Waals surface area (Å²) in [5.41, 5.74) is 1.44. The van der Waals surface area contributed by atoms with Crippen molar-refractivity contribution >= 4 is 39.5 Å². The molecule has 1 heterocycles. The van der Waals surface area contributed by atoms with Gasteiger partial charge in [0, 0.05) is 10.5 Å². The molecule has 1 saturated carbocycles. The second-order valence-electron chi connectivity index (χ2n) is 7.93. The summed E-state index contributed by atoms with van der Waals surface area (Å²) in [5.74, 6) is 0.755. The molecule has 6 heteroatoms. The maximum atomic E-state index is 13.2. The molecule has 1 aliphatic carbocycles. The van der Waals surface area contributed by atoms with E-state index >= 15 is 0 Å². The van der Waals surface area contributed by atoms with Crippen LogP contribution in [0, 0.1) is 5.92 Å². The van der Waals surface area contributed by atoms with Crippen molar-refractivity contribution in [2.45, 2.75) is 38.6 Å². The van der Waals surface area contributed by atoms with Crippen LogP contribution in [-0.2, 0) is 9.59 Å². The Morgan fingerprint density at radius 2 is 1.90 bits per heavy atom. The third kappa shape index (κ3) is 4.43. The van der Waals surface area contributed by atoms with E-state index < -0.39 is 0 Å². The summed E-state index contributed by atoms with van der Waals surface area (Å²) in [5, 5.41) is 3.14. The number of nitrogens with zero attached hydrogens (tertiary/aromatic N) is 1. The van der Waals surface area contributed by atoms with Crippen LogP contribution in [-0.4, -0.2) is 24.4 Å². The standard InChI is InChI=1S/C24H25BrN2O3/c1-16-8-2-5-11-19(16)26-23(28)15-27-20-12-6-7-13-21(20)30-22(24(27)29)14-17-9-3-4-10-18(17)25/h3-4,6-7,9-10,12-14,16,19H,2,5,8,11,15H2,1H3,(H,26,28)/b22-14+. The molecule has 1 fully saturated rings. The average molecular weight is 469 g/mol. The molecule has 0 saturated heterocycles. The van der Waals surface area contributed by atoms with Crippen LogP contribution in [0.2, 0.25) is 0 Å². The van der Waals surface area contributed by atoms with Crippen molar-refractivity contribution in [3.8, 4) is 5.75 Å². The fraction of sp³-hybridized carbons (Fsp3) is 0.333. The molecule has 2 aromatic carbocycles. The number of ether oxygens (including phenoxy) is 1. The van der Waals surface area contributed by atoms with Crippen molar-refractivity contribution in [1.29, 1.82) is 0 Å². The first-order valence-electron chi connectivity index (χ1n) is 10.4. The van der Waals surface area contributed by atoms with Crippen LogP contribution >= 0.6 is 15.9 Å². The van der Waals surface area contributed by atoms with E-state index in [0.717, 1.165) is 29.3 Å². The van der Waals surface area contributed by atoms with E-state index in [1.807, 2.05) is 42.5 Å². The molecule has 0 aromatic heterocycles. The number of nitrogens with one attached hydrogen (secondary N) is 1. The molecule has 2 atom stereocenters. The van der Waals surface area contributed by atoms with Gasteiger partial charge in [0.25, 0.3) is 5.91 Å². The molecule has 2 amide bonds. The highest BCUT2D eigenvalue weighted by Gasteiger charge is 2.32. The molecule has 0 bridgehead atoms. The Balaban J connectivity index is 1.58. The number of anilines is 1. The number of hydrogen-bond donors (Lipinski definition) is 1. The van der Waals surface area contributed by atoms with Crippen LogP contribution in [0.25, 0.3) is 6.08 Å². The summed E-state index contributed by atoms with van der Waals surface area (Å²) < 4.78 is 6.76. The Morgan fingerprint density at radius 3 is 2.70 bits per heavy atom. The molecule has 1 N–H and O–H groups in total. The lowest BCUT2D eigenvalue weighted by atomic mass is 9.86. The van der Waals surface area contributed by atoms with E-state index in [9.17, 15) is 9.59 Å². The number of halogens is 1. The van der Waals surface area contributed by atoms with Gasteiger partial charge < -0.3 is 10.1 Å². The largest absolute Gasteiger partial charge is 0.449 e. The lowest BCUT2D eigenvalue weighted by Crippen LogP contribution is -2.48. The highest BCUT2D eigenvalue weighted by molar-refractivity contribution is 9.10. The number of carbonyl (C=O) groups is 2. The Labute approximate surface area is 185 Å². The average Bonchev–Trinajstić information content (AvgIpc) is 2.74. The van der Waals surface area contributed by atoms with E-state index in [1.54, 1.807) is 12.1 Å². The van der Waals surface area contributed by atoms with E-state index in [4.69, 9.17) is 4.74 Å². The third-order valence-electron chi connectivity index (χ3n) is 5.78. The highest BCUT2D eigenvalue weighted by Crippen LogP contribution is 2.36. The lowest BCUT2D eigenvalue weighted by molar-refractivity contribution is -0.124. The molecule has 4 rings (SSSR count). The normalized spacial score (nSPS) is 22.4. The van der Waals surface area contributed by atoms with Crippen molar-refractivity contribution in [2.24, 2.45) is 5.92 Å². The van der Waals surface area contributed by atoms with E-state index in [2.05, 4.69) is 28.2 Å². The van der Waals surface area contributed by atoms with Gasteiger partial charge in [-0.1, -0.05) is 66.0 Å². The quantitative estimate of drug-likeness (QED) is 0.648. The van der Waals surface area contributed by atoms with Crippen LogP contribution in [0.3, 0.4) is 0 Å². The number of para-hydroxylation sites is 2. The van der Waals surface area contributed by atoms with Crippen molar-refractivity contribution < 1.29 is 14.3 Å². The van der Waals surface area contributed by atoms with Gasteiger partial charge in [-0.15, -0.1) is 0 Å². The van der Waals surface area contributed by atoms with E-state index in [-0.39, 0.29) is 30.2 Å². The summed E-state index contributed by atoms with van der Waals surface area (Å²) in [4.78, 5) is 27.6. The molecule has 2 unspecified atom stereocenters. The highest BCUT2D eigenvalue weighted by atomic mass is 79.9. The summed E-state index contributed by atoms with van der Waals surface area (Å²) in [7, 11) is 0. The Morgan fingerprint density at radius 1 is 1.17 bits per heavy atom. The predicted octanol–water partition coefficient (Wildman–Crippen LogP) is 4.91. The Bertz CT molecular complexity index is 988. The minimum Gasteiger partial charge on any atom is -0.449 e. The van der Waals surface area contributed by atoms with Crippen molar-refractivity contribution in [1.82, 2.24) is 5.32 Å². The van der Waals surface area contributed by atoms with Gasteiger partial charge in [-0.2, -0.15) is 0 Å². The summed E-state index contributed by atoms with van der Waals surface area (Å²) in [6.45, 7) is 2.15. The monoisotopic (exact) mass is 468 g/mol. The number of amides is 2. The minimum atomic E-state index is -0.323. The molecule has 2 aliphatic rings. The zero-order valence-corrected chi connectivity index (χ0v) is 18.5. The topological polar surface area (TPSA) is 58.6 Å². The van der Waals surface area contributed by atoms with Gasteiger partial charge in [-0.25, -0.2) is 0 Å². The maximum Gasteiger partial charge on any atom is 0.294 e. The number of rotatable bonds is 4. The lowest BCUT2D eigenvalue weighted by Gasteiger charge is -2.32. The second-order valence-corrected chi connectivity index (χ2v) is 8.78. The number of benzene rings is 2. The Kier molecular flexibility index (Phi) is 6.23. The second kappa shape index (κ2) is 9.04. The van der Waals surface area contributed by atoms with Gasteiger partial charge in [0.15, 0.2) is 11.5 Å². The van der Waals surface area contributed by atoms with E-state index in [0.29, 0.717) is 17.4 Å². The molecule has 30 heavy (non-hydrogen) atoms. The van der Waals surface area contributed by atoms with Gasteiger partial charge in [0.2, 0.25) is 5.91 Å². The predicted molar refractivity (Wildman–Crippen MR) is 121 cm³/mol. The van der Waals surface area contributed by atoms with Crippen molar-refractivity contribution in [3.05, 3.63) is 64.3 Å². The van der Waals surface area contributed by atoms with Crippen LogP contribution < -0.4 is 15.0 Å². The molecule has 1 aliphatic heterocycles. The van der Waals surface area contributed by atoms with Gasteiger partial charge in [-0.05, 0) is 48.6 Å². The molecule has 0 radical (unpaired) electrons. The van der Waals surface area contributed by atoms with Gasteiger partial charge in [-0.3, -0.25) is 14.5 Å². The van der Waals surface area contributed by atoms with Crippen LogP contribution in [0.5, 0.6) is 5.75 Å². The molecule has 2 aromatic rings. The fourth-order valence-corrected chi connectivity index (χ4v) is 4.48. The maximum absolute atomic E-state index is 13.2. The first-order valence-corrected chi connectivity index (χ1v) is 11.2. The SMILES string of the molecule is CC1CCCCC1NC(=O)CN1C(=O)/C(=C\c2ccccc2Br)Oc2ccccc21. The van der Waals surface area contributed by atoms with Crippen molar-refractivity contribution in [3.63, 3.8) is 0 Å². The third-order valence-corrected chi connectivity index (χ3v) is 6.51.